The lowest BCUT2D eigenvalue weighted by atomic mass is 10.1. The Bertz CT molecular complexity index is 1370. The second-order valence-electron chi connectivity index (χ2n) is 7.38. The predicted octanol–water partition coefficient (Wildman–Crippen LogP) is 5.28. The molecular formula is C25H19Cl2N3O3. The highest BCUT2D eigenvalue weighted by Gasteiger charge is 2.33. The summed E-state index contributed by atoms with van der Waals surface area (Å²) in [6.45, 7) is 1.68. The molecule has 0 saturated heterocycles. The Morgan fingerprint density at radius 2 is 1.30 bits per heavy atom. The van der Waals surface area contributed by atoms with Gasteiger partial charge >= 0.3 is 0 Å². The van der Waals surface area contributed by atoms with Crippen molar-refractivity contribution < 1.29 is 9.59 Å². The summed E-state index contributed by atoms with van der Waals surface area (Å²) in [6.07, 6.45) is 0. The van der Waals surface area contributed by atoms with Gasteiger partial charge in [-0.15, -0.1) is 0 Å². The lowest BCUT2D eigenvalue weighted by molar-refractivity contribution is 0.0897. The van der Waals surface area contributed by atoms with Gasteiger partial charge in [-0.25, -0.2) is 9.58 Å². The molecule has 1 heterocycles. The van der Waals surface area contributed by atoms with E-state index in [-0.39, 0.29) is 16.8 Å². The maximum Gasteiger partial charge on any atom is 0.296 e. The highest BCUT2D eigenvalue weighted by atomic mass is 35.5. The maximum atomic E-state index is 13.6. The van der Waals surface area contributed by atoms with Gasteiger partial charge in [-0.2, -0.15) is 0 Å². The molecule has 0 saturated carbocycles. The van der Waals surface area contributed by atoms with E-state index < -0.39 is 17.4 Å². The van der Waals surface area contributed by atoms with Gasteiger partial charge in [0.05, 0.1) is 11.4 Å². The molecule has 0 aliphatic rings. The Balaban J connectivity index is 1.95. The number of imide groups is 1. The van der Waals surface area contributed by atoms with E-state index in [9.17, 15) is 14.4 Å². The van der Waals surface area contributed by atoms with Gasteiger partial charge in [-0.05, 0) is 55.5 Å². The van der Waals surface area contributed by atoms with E-state index in [0.29, 0.717) is 21.4 Å². The van der Waals surface area contributed by atoms with Crippen LogP contribution in [0.15, 0.2) is 83.7 Å². The monoisotopic (exact) mass is 479 g/mol. The van der Waals surface area contributed by atoms with Crippen molar-refractivity contribution in [1.82, 2.24) is 9.36 Å². The summed E-state index contributed by atoms with van der Waals surface area (Å²) in [5.74, 6) is -1.35. The molecule has 0 N–H and O–H groups in total. The molecule has 0 fully saturated rings. The number of amides is 2. The third kappa shape index (κ3) is 4.23. The number of nitrogens with zero attached hydrogens (tertiary/aromatic N) is 3. The summed E-state index contributed by atoms with van der Waals surface area (Å²) >= 11 is 12.2. The molecule has 0 unspecified atom stereocenters. The van der Waals surface area contributed by atoms with Crippen LogP contribution in [0.5, 0.6) is 0 Å². The molecule has 33 heavy (non-hydrogen) atoms. The molecule has 4 rings (SSSR count). The Hall–Kier alpha value is -3.61. The van der Waals surface area contributed by atoms with Crippen LogP contribution in [-0.2, 0) is 7.05 Å². The molecule has 3 aromatic carbocycles. The van der Waals surface area contributed by atoms with Crippen molar-refractivity contribution in [3.8, 4) is 5.69 Å². The van der Waals surface area contributed by atoms with Gasteiger partial charge in [0.15, 0.2) is 0 Å². The van der Waals surface area contributed by atoms with Crippen LogP contribution in [0.2, 0.25) is 10.0 Å². The number of hydrogen-bond donors (Lipinski definition) is 0. The van der Waals surface area contributed by atoms with Gasteiger partial charge in [0.25, 0.3) is 17.4 Å². The van der Waals surface area contributed by atoms with Crippen molar-refractivity contribution in [2.75, 3.05) is 4.90 Å². The quantitative estimate of drug-likeness (QED) is 0.374. The number of rotatable bonds is 4. The van der Waals surface area contributed by atoms with Crippen molar-refractivity contribution in [3.05, 3.63) is 116 Å². The Morgan fingerprint density at radius 3 is 1.79 bits per heavy atom. The van der Waals surface area contributed by atoms with Gasteiger partial charge in [-0.1, -0.05) is 53.5 Å². The molecule has 0 bridgehead atoms. The fourth-order valence-corrected chi connectivity index (χ4v) is 3.99. The standard InChI is InChI=1S/C25H19Cl2N3O3/c1-16-22(25(33)30(28(16)2)21-12-4-3-5-13-21)29(23(31)17-8-6-10-19(26)14-17)24(32)18-9-7-11-20(27)15-18/h3-15H,1-2H3. The van der Waals surface area contributed by atoms with Crippen LogP contribution in [0.25, 0.3) is 5.69 Å². The zero-order chi connectivity index (χ0) is 23.7. The summed E-state index contributed by atoms with van der Waals surface area (Å²) in [5.41, 5.74) is 0.834. The third-order valence-corrected chi connectivity index (χ3v) is 5.77. The highest BCUT2D eigenvalue weighted by Crippen LogP contribution is 2.25. The molecule has 0 aliphatic carbocycles. The number of aromatic nitrogens is 2. The van der Waals surface area contributed by atoms with Crippen molar-refractivity contribution >= 4 is 40.7 Å². The van der Waals surface area contributed by atoms with E-state index in [4.69, 9.17) is 23.2 Å². The van der Waals surface area contributed by atoms with Crippen LogP contribution < -0.4 is 10.5 Å². The number of anilines is 1. The maximum absolute atomic E-state index is 13.6. The first-order chi connectivity index (χ1) is 15.8. The van der Waals surface area contributed by atoms with Crippen molar-refractivity contribution in [3.63, 3.8) is 0 Å². The highest BCUT2D eigenvalue weighted by molar-refractivity contribution is 6.33. The van der Waals surface area contributed by atoms with Gasteiger partial charge in [0, 0.05) is 28.2 Å². The number of halogens is 2. The first-order valence-electron chi connectivity index (χ1n) is 10.0. The van der Waals surface area contributed by atoms with Gasteiger partial charge in [0.2, 0.25) is 0 Å². The van der Waals surface area contributed by atoms with Crippen LogP contribution in [0.4, 0.5) is 5.69 Å². The average Bonchev–Trinajstić information content (AvgIpc) is 3.03. The fraction of sp³-hybridized carbons (Fsp3) is 0.0800. The number of carbonyl (C=O) groups is 2. The van der Waals surface area contributed by atoms with Gasteiger partial charge < -0.3 is 0 Å². The SMILES string of the molecule is Cc1c(N(C(=O)c2cccc(Cl)c2)C(=O)c2cccc(Cl)c2)c(=O)n(-c2ccccc2)n1C. The zero-order valence-corrected chi connectivity index (χ0v) is 19.3. The van der Waals surface area contributed by atoms with E-state index >= 15 is 0 Å². The summed E-state index contributed by atoms with van der Waals surface area (Å²) in [7, 11) is 1.69. The lowest BCUT2D eigenvalue weighted by Gasteiger charge is -2.20. The van der Waals surface area contributed by atoms with Crippen LogP contribution in [0.3, 0.4) is 0 Å². The molecule has 0 aliphatic heterocycles. The van der Waals surface area contributed by atoms with Gasteiger partial charge in [-0.3, -0.25) is 19.1 Å². The molecule has 8 heteroatoms. The zero-order valence-electron chi connectivity index (χ0n) is 17.8. The Morgan fingerprint density at radius 1 is 0.788 bits per heavy atom. The Kier molecular flexibility index (Phi) is 6.22. The van der Waals surface area contributed by atoms with E-state index in [2.05, 4.69) is 0 Å². The fourth-order valence-electron chi connectivity index (χ4n) is 3.61. The summed E-state index contributed by atoms with van der Waals surface area (Å²) < 4.78 is 3.02. The average molecular weight is 480 g/mol. The molecule has 6 nitrogen and oxygen atoms in total. The molecule has 1 aromatic heterocycles. The van der Waals surface area contributed by atoms with E-state index in [0.717, 1.165) is 4.90 Å². The van der Waals surface area contributed by atoms with Gasteiger partial charge in [0.1, 0.15) is 5.69 Å². The summed E-state index contributed by atoms with van der Waals surface area (Å²) in [6, 6.07) is 21.4. The second kappa shape index (κ2) is 9.10. The van der Waals surface area contributed by atoms with E-state index in [1.165, 1.54) is 16.8 Å². The number of carbonyl (C=O) groups excluding carboxylic acids is 2. The lowest BCUT2D eigenvalue weighted by Crippen LogP contribution is -2.40. The predicted molar refractivity (Wildman–Crippen MR) is 130 cm³/mol. The molecule has 0 atom stereocenters. The van der Waals surface area contributed by atoms with Crippen molar-refractivity contribution in [1.29, 1.82) is 0 Å². The minimum atomic E-state index is -0.673. The van der Waals surface area contributed by atoms with E-state index in [1.807, 2.05) is 6.07 Å². The smallest absolute Gasteiger partial charge is 0.283 e. The first kappa shape index (κ1) is 22.6. The van der Waals surface area contributed by atoms with Crippen molar-refractivity contribution in [2.24, 2.45) is 7.05 Å². The number of hydrogen-bond acceptors (Lipinski definition) is 3. The molecule has 0 spiro atoms. The summed E-state index contributed by atoms with van der Waals surface area (Å²) in [4.78, 5) is 41.7. The molecule has 0 radical (unpaired) electrons. The molecule has 166 valence electrons. The van der Waals surface area contributed by atoms with Crippen molar-refractivity contribution in [2.45, 2.75) is 6.92 Å². The minimum absolute atomic E-state index is 0.0451. The summed E-state index contributed by atoms with van der Waals surface area (Å²) in [5, 5.41) is 0.671. The van der Waals surface area contributed by atoms with E-state index in [1.54, 1.807) is 79.3 Å². The van der Waals surface area contributed by atoms with Crippen LogP contribution in [0.1, 0.15) is 26.4 Å². The minimum Gasteiger partial charge on any atom is -0.283 e. The van der Waals surface area contributed by atoms with Crippen LogP contribution >= 0.6 is 23.2 Å². The van der Waals surface area contributed by atoms with Crippen LogP contribution in [-0.4, -0.2) is 21.2 Å². The second-order valence-corrected chi connectivity index (χ2v) is 8.25. The molecule has 2 amide bonds. The topological polar surface area (TPSA) is 64.3 Å². The number of para-hydroxylation sites is 1. The molecule has 4 aromatic rings. The number of benzene rings is 3. The largest absolute Gasteiger partial charge is 0.296 e. The van der Waals surface area contributed by atoms with Crippen LogP contribution in [0, 0.1) is 6.92 Å². The Labute approximate surface area is 200 Å². The first-order valence-corrected chi connectivity index (χ1v) is 10.8. The normalized spacial score (nSPS) is 10.8. The third-order valence-electron chi connectivity index (χ3n) is 5.30. The molecular weight excluding hydrogens is 461 g/mol.